The number of azo groups is 1. The molecule has 0 heterocycles. The van der Waals surface area contributed by atoms with Crippen LogP contribution in [0.4, 0.5) is 11.4 Å². The Balaban J connectivity index is 0.00000242. The molecule has 0 spiro atoms. The van der Waals surface area contributed by atoms with Crippen molar-refractivity contribution in [3.05, 3.63) is 53.6 Å². The Bertz CT molecular complexity index is 729. The minimum absolute atomic E-state index is 0. The van der Waals surface area contributed by atoms with Gasteiger partial charge in [0.25, 0.3) is 0 Å². The van der Waals surface area contributed by atoms with Gasteiger partial charge in [0.1, 0.15) is 0 Å². The van der Waals surface area contributed by atoms with Crippen LogP contribution in [0.15, 0.2) is 52.7 Å². The largest absolute Gasteiger partial charge is 2.00 e. The van der Waals surface area contributed by atoms with Crippen LogP contribution in [0.3, 0.4) is 0 Å². The van der Waals surface area contributed by atoms with Crippen LogP contribution in [0.2, 0.25) is 0 Å². The van der Waals surface area contributed by atoms with Crippen molar-refractivity contribution in [1.29, 1.82) is 0 Å². The summed E-state index contributed by atoms with van der Waals surface area (Å²) in [7, 11) is 0. The summed E-state index contributed by atoms with van der Waals surface area (Å²) < 4.78 is 0. The minimum Gasteiger partial charge on any atom is -0.872 e. The Labute approximate surface area is 165 Å². The van der Waals surface area contributed by atoms with Crippen LogP contribution in [0.1, 0.15) is 20.7 Å². The monoisotopic (exact) mass is 422 g/mol. The van der Waals surface area contributed by atoms with Crippen molar-refractivity contribution in [2.75, 3.05) is 0 Å². The maximum Gasteiger partial charge on any atom is 2.00 e. The predicted octanol–water partition coefficient (Wildman–Crippen LogP) is 0.856. The van der Waals surface area contributed by atoms with Crippen LogP contribution in [0, 0.1) is 0 Å². The number of carbonyl (C=O) groups excluding carboxylic acids is 1. The molecule has 0 fully saturated rings. The van der Waals surface area contributed by atoms with Crippen LogP contribution >= 0.6 is 0 Å². The summed E-state index contributed by atoms with van der Waals surface area (Å²) in [5, 5.41) is 38.3. The van der Waals surface area contributed by atoms with Gasteiger partial charge in [0, 0.05) is 5.56 Å². The summed E-state index contributed by atoms with van der Waals surface area (Å²) in [5.41, 5.74) is -0.296. The molecule has 0 saturated carbocycles. The average Bonchev–Trinajstić information content (AvgIpc) is 2.46. The van der Waals surface area contributed by atoms with E-state index in [2.05, 4.69) is 10.2 Å². The molecule has 2 aromatic carbocycles. The first-order valence-corrected chi connectivity index (χ1v) is 5.75. The SMILES string of the molecule is O=C([O-])c1cc(N=Nc2ccc([O-])cc2)ccc1C(=O)O.[Ba+2]. The first-order chi connectivity index (χ1) is 9.97. The number of hydrogen-bond acceptors (Lipinski definition) is 6. The van der Waals surface area contributed by atoms with E-state index in [4.69, 9.17) is 5.11 Å². The van der Waals surface area contributed by atoms with Gasteiger partial charge < -0.3 is 20.1 Å². The summed E-state index contributed by atoms with van der Waals surface area (Å²) in [6, 6.07) is 9.03. The summed E-state index contributed by atoms with van der Waals surface area (Å²) >= 11 is 0. The number of aromatic carboxylic acids is 2. The zero-order valence-electron chi connectivity index (χ0n) is 11.2. The maximum absolute atomic E-state index is 10.9. The van der Waals surface area contributed by atoms with Gasteiger partial charge in [-0.25, -0.2) is 4.79 Å². The van der Waals surface area contributed by atoms with E-state index < -0.39 is 17.5 Å². The zero-order chi connectivity index (χ0) is 15.4. The fourth-order valence-corrected chi connectivity index (χ4v) is 1.58. The van der Waals surface area contributed by atoms with Crippen molar-refractivity contribution < 1.29 is 24.9 Å². The smallest absolute Gasteiger partial charge is 0.872 e. The number of rotatable bonds is 4. The van der Waals surface area contributed by atoms with Crippen molar-refractivity contribution in [2.24, 2.45) is 10.2 Å². The van der Waals surface area contributed by atoms with Crippen molar-refractivity contribution in [3.63, 3.8) is 0 Å². The normalized spacial score (nSPS) is 10.2. The first kappa shape index (κ1) is 18.4. The average molecular weight is 422 g/mol. The Morgan fingerprint density at radius 2 is 1.45 bits per heavy atom. The molecule has 0 aliphatic carbocycles. The van der Waals surface area contributed by atoms with Crippen molar-refractivity contribution in [1.82, 2.24) is 0 Å². The summed E-state index contributed by atoms with van der Waals surface area (Å²) in [6.07, 6.45) is 0. The topological polar surface area (TPSA) is 125 Å². The van der Waals surface area contributed by atoms with Crippen molar-refractivity contribution >= 4 is 72.2 Å². The fourth-order valence-electron chi connectivity index (χ4n) is 1.58. The van der Waals surface area contributed by atoms with Crippen molar-refractivity contribution in [3.8, 4) is 5.75 Å². The summed E-state index contributed by atoms with van der Waals surface area (Å²) in [4.78, 5) is 21.8. The Hall–Kier alpha value is -1.65. The van der Waals surface area contributed by atoms with Crippen LogP contribution in [0.25, 0.3) is 0 Å². The molecule has 0 atom stereocenters. The molecule has 1 N–H and O–H groups in total. The molecule has 2 rings (SSSR count). The molecule has 8 heteroatoms. The molecule has 22 heavy (non-hydrogen) atoms. The van der Waals surface area contributed by atoms with E-state index in [1.54, 1.807) is 0 Å². The van der Waals surface area contributed by atoms with Crippen LogP contribution in [0.5, 0.6) is 5.75 Å². The second-order valence-electron chi connectivity index (χ2n) is 4.02. The minimum atomic E-state index is -1.61. The van der Waals surface area contributed by atoms with Gasteiger partial charge in [-0.3, -0.25) is 0 Å². The van der Waals surface area contributed by atoms with E-state index in [0.717, 1.165) is 12.1 Å². The Kier molecular flexibility index (Phi) is 6.78. The molecule has 2 aromatic rings. The van der Waals surface area contributed by atoms with Gasteiger partial charge >= 0.3 is 54.9 Å². The summed E-state index contributed by atoms with van der Waals surface area (Å²) in [6.45, 7) is 0. The van der Waals surface area contributed by atoms with E-state index in [-0.39, 0.29) is 65.9 Å². The molecule has 0 saturated heterocycles. The number of carboxylic acid groups (broad SMARTS) is 2. The Morgan fingerprint density at radius 1 is 0.909 bits per heavy atom. The van der Waals surface area contributed by atoms with E-state index >= 15 is 0 Å². The van der Waals surface area contributed by atoms with Gasteiger partial charge in [-0.1, -0.05) is 12.1 Å². The molecular weight excluding hydrogens is 413 g/mol. The molecule has 0 aliphatic heterocycles. The predicted molar refractivity (Wildman–Crippen MR) is 73.5 cm³/mol. The van der Waals surface area contributed by atoms with E-state index in [1.165, 1.54) is 30.3 Å². The number of nitrogens with zero attached hydrogens (tertiary/aromatic N) is 2. The van der Waals surface area contributed by atoms with Crippen LogP contribution < -0.4 is 10.2 Å². The molecule has 0 aromatic heterocycles. The first-order valence-electron chi connectivity index (χ1n) is 5.75. The van der Waals surface area contributed by atoms with Crippen molar-refractivity contribution in [2.45, 2.75) is 0 Å². The van der Waals surface area contributed by atoms with E-state index in [1.807, 2.05) is 0 Å². The third-order valence-electron chi connectivity index (χ3n) is 2.57. The zero-order valence-corrected chi connectivity index (χ0v) is 15.7. The number of carboxylic acids is 2. The van der Waals surface area contributed by atoms with Gasteiger partial charge in [-0.2, -0.15) is 10.2 Å². The second kappa shape index (κ2) is 8.11. The molecule has 0 bridgehead atoms. The number of carbonyl (C=O) groups is 2. The van der Waals surface area contributed by atoms with Gasteiger partial charge in [0.2, 0.25) is 0 Å². The van der Waals surface area contributed by atoms with Gasteiger partial charge in [-0.05, 0) is 30.3 Å². The van der Waals surface area contributed by atoms with Gasteiger partial charge in [-0.15, -0.1) is 5.75 Å². The Morgan fingerprint density at radius 3 is 2.00 bits per heavy atom. The fraction of sp³-hybridized carbons (Fsp3) is 0. The molecule has 0 unspecified atom stereocenters. The molecule has 0 radical (unpaired) electrons. The molecule has 0 aliphatic rings. The van der Waals surface area contributed by atoms with Crippen LogP contribution in [-0.2, 0) is 0 Å². The molecule has 7 nitrogen and oxygen atoms in total. The maximum atomic E-state index is 10.9. The summed E-state index contributed by atoms with van der Waals surface area (Å²) in [5.74, 6) is -3.15. The van der Waals surface area contributed by atoms with E-state index in [0.29, 0.717) is 5.69 Å². The number of benzene rings is 2. The van der Waals surface area contributed by atoms with Gasteiger partial charge in [0.15, 0.2) is 0 Å². The molecular formula is C14H8BaN2O5. The van der Waals surface area contributed by atoms with Crippen LogP contribution in [-0.4, -0.2) is 65.9 Å². The second-order valence-corrected chi connectivity index (χ2v) is 4.02. The quantitative estimate of drug-likeness (QED) is 0.579. The third-order valence-corrected chi connectivity index (χ3v) is 2.57. The molecule has 0 amide bonds. The molecule has 106 valence electrons. The third kappa shape index (κ3) is 4.68. The van der Waals surface area contributed by atoms with E-state index in [9.17, 15) is 19.8 Å². The number of hydrogen-bond donors (Lipinski definition) is 1. The standard InChI is InChI=1S/C14H10N2O5.Ba/c17-10-4-1-8(2-5-10)15-16-9-3-6-11(13(18)19)12(7-9)14(20)21;/h1-7,17H,(H,18,19)(H,20,21);/q;+2/p-2. The van der Waals surface area contributed by atoms with Gasteiger partial charge in [0.05, 0.1) is 22.9 Å².